The number of carboxylic acid groups (broad SMARTS) is 1. The molecule has 1 aromatic heterocycles. The smallest absolute Gasteiger partial charge is 0.410 e. The standard InChI is InChI=1S/C39H52N8O10/c1-7-10-27(32(48)36(52)42-23(6)38(54)55)43-34(50)29-17-26(57-39(56)46-16-13-24-11-8-9-12-25(24)19-46)20-47(29)37(53)31(22(4)5)45-35(51)30(21(2)3)44-33(49)28-18-40-14-15-41-28/h8-9,11-12,14-15,18,21-23,26-27,29-31H,7,10,13,16-17,19-20H2,1-6H3,(H,42,52)(H,43,50)(H,44,49)(H,45,51)(H,54,55)/t23-,26+,27?,29-,30+,31+/m0/s1. The van der Waals surface area contributed by atoms with Crippen molar-refractivity contribution in [2.75, 3.05) is 13.1 Å². The minimum atomic E-state index is -1.37. The van der Waals surface area contributed by atoms with E-state index in [1.165, 1.54) is 35.3 Å². The first-order valence-electron chi connectivity index (χ1n) is 19.1. The van der Waals surface area contributed by atoms with Crippen LogP contribution in [0, 0.1) is 11.8 Å². The van der Waals surface area contributed by atoms with Crippen LogP contribution in [0.2, 0.25) is 0 Å². The number of likely N-dealkylation sites (tertiary alicyclic amines) is 1. The van der Waals surface area contributed by atoms with Gasteiger partial charge in [0.25, 0.3) is 11.8 Å². The predicted molar refractivity (Wildman–Crippen MR) is 203 cm³/mol. The molecule has 2 aliphatic heterocycles. The number of ether oxygens (including phenoxy) is 1. The number of carbonyl (C=O) groups is 8. The number of nitrogens with one attached hydrogen (secondary N) is 4. The lowest BCUT2D eigenvalue weighted by molar-refractivity contribution is -0.145. The van der Waals surface area contributed by atoms with Crippen LogP contribution in [0.3, 0.4) is 0 Å². The van der Waals surface area contributed by atoms with Gasteiger partial charge in [-0.15, -0.1) is 0 Å². The molecule has 57 heavy (non-hydrogen) atoms. The van der Waals surface area contributed by atoms with Crippen LogP contribution in [0.25, 0.3) is 0 Å². The molecule has 0 saturated carbocycles. The molecule has 5 N–H and O–H groups in total. The van der Waals surface area contributed by atoms with Gasteiger partial charge < -0.3 is 40.9 Å². The molecule has 0 bridgehead atoms. The Kier molecular flexibility index (Phi) is 15.2. The maximum atomic E-state index is 14.5. The van der Waals surface area contributed by atoms with Gasteiger partial charge >= 0.3 is 12.1 Å². The number of fused-ring (bicyclic) bond motifs is 1. The van der Waals surface area contributed by atoms with E-state index < -0.39 is 95.5 Å². The second-order valence-corrected chi connectivity index (χ2v) is 15.0. The number of hydrogen-bond donors (Lipinski definition) is 5. The van der Waals surface area contributed by atoms with Gasteiger partial charge in [-0.2, -0.15) is 0 Å². The number of aliphatic carboxylic acids is 1. The highest BCUT2D eigenvalue weighted by Crippen LogP contribution is 2.26. The summed E-state index contributed by atoms with van der Waals surface area (Å²) in [5, 5.41) is 19.3. The number of carbonyl (C=O) groups excluding carboxylic acids is 7. The van der Waals surface area contributed by atoms with Crippen LogP contribution in [-0.2, 0) is 46.5 Å². The van der Waals surface area contributed by atoms with Crippen molar-refractivity contribution in [3.63, 3.8) is 0 Å². The van der Waals surface area contributed by atoms with Crippen LogP contribution in [0.1, 0.15) is 82.4 Å². The lowest BCUT2D eigenvalue weighted by Crippen LogP contribution is -2.60. The molecule has 1 aromatic carbocycles. The zero-order valence-corrected chi connectivity index (χ0v) is 33.0. The third-order valence-electron chi connectivity index (χ3n) is 9.92. The normalized spacial score (nSPS) is 18.4. The summed E-state index contributed by atoms with van der Waals surface area (Å²) in [6.07, 6.45) is 3.21. The average molecular weight is 793 g/mol. The summed E-state index contributed by atoms with van der Waals surface area (Å²) < 4.78 is 5.89. The third-order valence-corrected chi connectivity index (χ3v) is 9.92. The Hall–Kier alpha value is -5.94. The SMILES string of the molecule is CCCC(NC(=O)[C@@H]1C[C@@H](OC(=O)N2CCc3ccccc3C2)CN1C(=O)[C@H](NC(=O)[C@H](NC(=O)c1cnccn1)C(C)C)C(C)C)C(=O)C(=O)N[C@@H](C)C(=O)O. The van der Waals surface area contributed by atoms with Crippen LogP contribution in [0.4, 0.5) is 4.79 Å². The molecular weight excluding hydrogens is 740 g/mol. The van der Waals surface area contributed by atoms with E-state index in [-0.39, 0.29) is 25.1 Å². The van der Waals surface area contributed by atoms with Gasteiger partial charge in [-0.1, -0.05) is 65.3 Å². The summed E-state index contributed by atoms with van der Waals surface area (Å²) in [5.41, 5.74) is 2.08. The molecule has 308 valence electrons. The van der Waals surface area contributed by atoms with Crippen LogP contribution in [0.5, 0.6) is 0 Å². The Labute approximate surface area is 330 Å². The zero-order valence-electron chi connectivity index (χ0n) is 33.0. The van der Waals surface area contributed by atoms with Crippen molar-refractivity contribution in [1.82, 2.24) is 41.0 Å². The highest BCUT2D eigenvalue weighted by atomic mass is 16.6. The molecule has 1 fully saturated rings. The Bertz CT molecular complexity index is 1820. The van der Waals surface area contributed by atoms with Gasteiger partial charge in [0.05, 0.1) is 18.8 Å². The number of carboxylic acids is 1. The number of hydrogen-bond acceptors (Lipinski definition) is 11. The first-order chi connectivity index (χ1) is 27.0. The molecule has 6 amide bonds. The summed E-state index contributed by atoms with van der Waals surface area (Å²) in [5.74, 6) is -7.40. The molecule has 6 atom stereocenters. The molecule has 4 rings (SSSR count). The van der Waals surface area contributed by atoms with Crippen LogP contribution in [0.15, 0.2) is 42.9 Å². The molecule has 1 saturated heterocycles. The highest BCUT2D eigenvalue weighted by molar-refractivity contribution is 6.38. The van der Waals surface area contributed by atoms with Crippen molar-refractivity contribution in [2.45, 2.75) is 110 Å². The zero-order chi connectivity index (χ0) is 42.0. The van der Waals surface area contributed by atoms with Gasteiger partial charge in [-0.05, 0) is 42.7 Å². The Balaban J connectivity index is 1.57. The van der Waals surface area contributed by atoms with E-state index in [4.69, 9.17) is 4.74 Å². The number of aromatic nitrogens is 2. The van der Waals surface area contributed by atoms with Crippen molar-refractivity contribution in [1.29, 1.82) is 0 Å². The van der Waals surface area contributed by atoms with Crippen molar-refractivity contribution in [2.24, 2.45) is 11.8 Å². The van der Waals surface area contributed by atoms with E-state index in [9.17, 15) is 43.5 Å². The Morgan fingerprint density at radius 1 is 0.895 bits per heavy atom. The van der Waals surface area contributed by atoms with Crippen molar-refractivity contribution in [3.05, 3.63) is 59.7 Å². The van der Waals surface area contributed by atoms with Gasteiger partial charge in [0.15, 0.2) is 0 Å². The third kappa shape index (κ3) is 11.3. The molecule has 0 radical (unpaired) electrons. The Morgan fingerprint density at radius 3 is 2.19 bits per heavy atom. The van der Waals surface area contributed by atoms with Crippen LogP contribution in [-0.4, -0.2) is 122 Å². The highest BCUT2D eigenvalue weighted by Gasteiger charge is 2.46. The topological polar surface area (TPSA) is 246 Å². The second kappa shape index (κ2) is 19.8. The summed E-state index contributed by atoms with van der Waals surface area (Å²) in [6.45, 7) is 10.2. The first kappa shape index (κ1) is 43.8. The van der Waals surface area contributed by atoms with Gasteiger partial charge in [-0.25, -0.2) is 9.78 Å². The van der Waals surface area contributed by atoms with E-state index in [1.54, 1.807) is 34.6 Å². The van der Waals surface area contributed by atoms with Crippen molar-refractivity contribution < 1.29 is 48.2 Å². The van der Waals surface area contributed by atoms with Gasteiger partial charge in [-0.3, -0.25) is 38.5 Å². The summed E-state index contributed by atoms with van der Waals surface area (Å²) in [6, 6.07) is 1.38. The van der Waals surface area contributed by atoms with Gasteiger partial charge in [0, 0.05) is 31.9 Å². The maximum absolute atomic E-state index is 14.5. The largest absolute Gasteiger partial charge is 0.480 e. The molecule has 2 aromatic rings. The molecule has 0 aliphatic carbocycles. The first-order valence-corrected chi connectivity index (χ1v) is 19.1. The fourth-order valence-electron chi connectivity index (χ4n) is 6.66. The predicted octanol–water partition coefficient (Wildman–Crippen LogP) is 0.980. The molecule has 18 nitrogen and oxygen atoms in total. The molecule has 0 spiro atoms. The van der Waals surface area contributed by atoms with E-state index in [1.807, 2.05) is 24.3 Å². The molecule has 3 heterocycles. The quantitative estimate of drug-likeness (QED) is 0.149. The fraction of sp³-hybridized carbons (Fsp3) is 0.538. The van der Waals surface area contributed by atoms with Crippen molar-refractivity contribution >= 4 is 47.4 Å². The number of ketones is 1. The summed E-state index contributed by atoms with van der Waals surface area (Å²) in [4.78, 5) is 116. The van der Waals surface area contributed by atoms with E-state index in [2.05, 4.69) is 31.2 Å². The number of Topliss-reactive ketones (excluding diaryl/α,β-unsaturated/α-hetero) is 1. The van der Waals surface area contributed by atoms with E-state index in [0.29, 0.717) is 25.9 Å². The fourth-order valence-corrected chi connectivity index (χ4v) is 6.66. The molecule has 2 aliphatic rings. The minimum Gasteiger partial charge on any atom is -0.480 e. The molecule has 1 unspecified atom stereocenters. The lowest BCUT2D eigenvalue weighted by Gasteiger charge is -2.32. The maximum Gasteiger partial charge on any atom is 0.410 e. The van der Waals surface area contributed by atoms with Crippen molar-refractivity contribution in [3.8, 4) is 0 Å². The number of rotatable bonds is 16. The van der Waals surface area contributed by atoms with E-state index in [0.717, 1.165) is 11.1 Å². The van der Waals surface area contributed by atoms with Crippen LogP contribution >= 0.6 is 0 Å². The minimum absolute atomic E-state index is 0.0126. The number of nitrogens with zero attached hydrogens (tertiary/aromatic N) is 4. The van der Waals surface area contributed by atoms with Crippen LogP contribution < -0.4 is 21.3 Å². The number of benzene rings is 1. The second-order valence-electron chi connectivity index (χ2n) is 15.0. The number of amides is 6. The molecule has 18 heteroatoms. The Morgan fingerprint density at radius 2 is 1.58 bits per heavy atom. The van der Waals surface area contributed by atoms with E-state index >= 15 is 0 Å². The monoisotopic (exact) mass is 792 g/mol. The lowest BCUT2D eigenvalue weighted by atomic mass is 9.98. The van der Waals surface area contributed by atoms with Gasteiger partial charge in [0.2, 0.25) is 23.5 Å². The summed E-state index contributed by atoms with van der Waals surface area (Å²) >= 11 is 0. The molecular formula is C39H52N8O10. The summed E-state index contributed by atoms with van der Waals surface area (Å²) in [7, 11) is 0. The van der Waals surface area contributed by atoms with Gasteiger partial charge in [0.1, 0.15) is 36.0 Å². The average Bonchev–Trinajstić information content (AvgIpc) is 3.61.